The summed E-state index contributed by atoms with van der Waals surface area (Å²) in [5.74, 6) is 0.191. The van der Waals surface area contributed by atoms with Gasteiger partial charge >= 0.3 is 5.97 Å². The molecule has 0 aliphatic carbocycles. The van der Waals surface area contributed by atoms with Crippen molar-refractivity contribution >= 4 is 35.2 Å². The van der Waals surface area contributed by atoms with E-state index in [1.54, 1.807) is 42.5 Å². The molecule has 6 nitrogen and oxygen atoms in total. The van der Waals surface area contributed by atoms with Crippen molar-refractivity contribution in [3.05, 3.63) is 58.6 Å². The SMILES string of the molecule is CCOc1cc(/C=C/C(=O)Nc2ccc(C(=O)OC)cc2)cc(Cl)c1OC. The molecule has 0 saturated heterocycles. The molecule has 0 spiro atoms. The van der Waals surface area contributed by atoms with E-state index in [9.17, 15) is 9.59 Å². The van der Waals surface area contributed by atoms with Crippen molar-refractivity contribution in [1.82, 2.24) is 0 Å². The van der Waals surface area contributed by atoms with Gasteiger partial charge in [-0.1, -0.05) is 11.6 Å². The molecule has 2 aromatic rings. The molecule has 0 aliphatic rings. The number of hydrogen-bond acceptors (Lipinski definition) is 5. The number of rotatable bonds is 7. The Balaban J connectivity index is 2.09. The number of benzene rings is 2. The van der Waals surface area contributed by atoms with E-state index in [-0.39, 0.29) is 5.91 Å². The van der Waals surface area contributed by atoms with Crippen LogP contribution in [0.3, 0.4) is 0 Å². The molecule has 0 aliphatic heterocycles. The lowest BCUT2D eigenvalue weighted by Crippen LogP contribution is -2.08. The molecule has 0 saturated carbocycles. The number of anilines is 1. The maximum Gasteiger partial charge on any atom is 0.337 e. The smallest absolute Gasteiger partial charge is 0.337 e. The van der Waals surface area contributed by atoms with Crippen molar-refractivity contribution in [2.75, 3.05) is 26.1 Å². The molecule has 0 heterocycles. The highest BCUT2D eigenvalue weighted by Gasteiger charge is 2.11. The topological polar surface area (TPSA) is 73.9 Å². The molecule has 0 fully saturated rings. The summed E-state index contributed by atoms with van der Waals surface area (Å²) in [7, 11) is 2.82. The Morgan fingerprint density at radius 1 is 1.15 bits per heavy atom. The highest BCUT2D eigenvalue weighted by Crippen LogP contribution is 2.36. The second-order valence-corrected chi connectivity index (χ2v) is 5.77. The quantitative estimate of drug-likeness (QED) is 0.567. The number of halogens is 1. The molecule has 0 radical (unpaired) electrons. The first kappa shape index (κ1) is 20.3. The molecular formula is C20H20ClNO5. The molecule has 27 heavy (non-hydrogen) atoms. The van der Waals surface area contributed by atoms with Crippen LogP contribution in [-0.2, 0) is 9.53 Å². The fraction of sp³-hybridized carbons (Fsp3) is 0.200. The van der Waals surface area contributed by atoms with Crippen LogP contribution in [0.4, 0.5) is 5.69 Å². The Labute approximate surface area is 162 Å². The maximum absolute atomic E-state index is 12.1. The number of carbonyl (C=O) groups excluding carboxylic acids is 2. The van der Waals surface area contributed by atoms with E-state index >= 15 is 0 Å². The number of nitrogens with one attached hydrogen (secondary N) is 1. The van der Waals surface area contributed by atoms with Gasteiger partial charge in [-0.25, -0.2) is 4.79 Å². The van der Waals surface area contributed by atoms with Crippen molar-refractivity contribution < 1.29 is 23.8 Å². The Morgan fingerprint density at radius 2 is 1.85 bits per heavy atom. The van der Waals surface area contributed by atoms with Crippen molar-refractivity contribution in [2.24, 2.45) is 0 Å². The molecule has 0 bridgehead atoms. The highest BCUT2D eigenvalue weighted by molar-refractivity contribution is 6.32. The molecule has 142 valence electrons. The van der Waals surface area contributed by atoms with Crippen LogP contribution in [0.2, 0.25) is 5.02 Å². The maximum atomic E-state index is 12.1. The van der Waals surface area contributed by atoms with Gasteiger partial charge in [-0.15, -0.1) is 0 Å². The third kappa shape index (κ3) is 5.49. The lowest BCUT2D eigenvalue weighted by atomic mass is 10.1. The van der Waals surface area contributed by atoms with Gasteiger partial charge in [0.1, 0.15) is 0 Å². The summed E-state index contributed by atoms with van der Waals surface area (Å²) in [6.45, 7) is 2.32. The summed E-state index contributed by atoms with van der Waals surface area (Å²) >= 11 is 6.19. The number of esters is 1. The highest BCUT2D eigenvalue weighted by atomic mass is 35.5. The summed E-state index contributed by atoms with van der Waals surface area (Å²) in [5.41, 5.74) is 1.66. The largest absolute Gasteiger partial charge is 0.491 e. The molecule has 2 rings (SSSR count). The zero-order valence-corrected chi connectivity index (χ0v) is 16.0. The second kappa shape index (κ2) is 9.64. The molecule has 1 N–H and O–H groups in total. The fourth-order valence-electron chi connectivity index (χ4n) is 2.31. The summed E-state index contributed by atoms with van der Waals surface area (Å²) < 4.78 is 15.4. The normalized spacial score (nSPS) is 10.5. The van der Waals surface area contributed by atoms with Gasteiger partial charge < -0.3 is 19.5 Å². The minimum Gasteiger partial charge on any atom is -0.491 e. The second-order valence-electron chi connectivity index (χ2n) is 5.36. The predicted molar refractivity (Wildman–Crippen MR) is 105 cm³/mol. The Morgan fingerprint density at radius 3 is 2.44 bits per heavy atom. The molecule has 1 amide bonds. The van der Waals surface area contributed by atoms with Crippen LogP contribution >= 0.6 is 11.6 Å². The summed E-state index contributed by atoms with van der Waals surface area (Å²) in [6.07, 6.45) is 2.99. The summed E-state index contributed by atoms with van der Waals surface area (Å²) in [6, 6.07) is 9.80. The Kier molecular flexibility index (Phi) is 7.25. The van der Waals surface area contributed by atoms with Crippen LogP contribution < -0.4 is 14.8 Å². The molecule has 0 atom stereocenters. The van der Waals surface area contributed by atoms with Gasteiger partial charge in [0.25, 0.3) is 0 Å². The average Bonchev–Trinajstić information content (AvgIpc) is 2.66. The van der Waals surface area contributed by atoms with Crippen LogP contribution in [0.1, 0.15) is 22.8 Å². The van der Waals surface area contributed by atoms with E-state index < -0.39 is 5.97 Å². The van der Waals surface area contributed by atoms with E-state index in [2.05, 4.69) is 10.1 Å². The first-order valence-corrected chi connectivity index (χ1v) is 8.54. The lowest BCUT2D eigenvalue weighted by Gasteiger charge is -2.11. The predicted octanol–water partition coefficient (Wildman–Crippen LogP) is 4.19. The fourth-order valence-corrected chi connectivity index (χ4v) is 2.60. The lowest BCUT2D eigenvalue weighted by molar-refractivity contribution is -0.111. The monoisotopic (exact) mass is 389 g/mol. The van der Waals surface area contributed by atoms with Crippen LogP contribution in [0.15, 0.2) is 42.5 Å². The first-order valence-electron chi connectivity index (χ1n) is 8.16. The Hall–Kier alpha value is -2.99. The molecular weight excluding hydrogens is 370 g/mol. The average molecular weight is 390 g/mol. The van der Waals surface area contributed by atoms with Gasteiger partial charge in [0, 0.05) is 11.8 Å². The molecule has 0 aromatic heterocycles. The van der Waals surface area contributed by atoms with Crippen LogP contribution in [0.25, 0.3) is 6.08 Å². The molecule has 2 aromatic carbocycles. The molecule has 7 heteroatoms. The van der Waals surface area contributed by atoms with E-state index in [0.717, 1.165) is 0 Å². The number of methoxy groups -OCH3 is 2. The van der Waals surface area contributed by atoms with E-state index in [1.165, 1.54) is 20.3 Å². The van der Waals surface area contributed by atoms with Crippen molar-refractivity contribution in [3.63, 3.8) is 0 Å². The standard InChI is InChI=1S/C20H20ClNO5/c1-4-27-17-12-13(11-16(21)19(17)25-2)5-10-18(23)22-15-8-6-14(7-9-15)20(24)26-3/h5-12H,4H2,1-3H3,(H,22,23)/b10-5+. The van der Waals surface area contributed by atoms with Crippen molar-refractivity contribution in [2.45, 2.75) is 6.92 Å². The Bertz CT molecular complexity index is 846. The first-order chi connectivity index (χ1) is 13.0. The van der Waals surface area contributed by atoms with Gasteiger partial charge in [-0.05, 0) is 55.0 Å². The third-order valence-corrected chi connectivity index (χ3v) is 3.82. The number of amides is 1. The van der Waals surface area contributed by atoms with Gasteiger partial charge in [0.2, 0.25) is 5.91 Å². The van der Waals surface area contributed by atoms with Gasteiger partial charge in [-0.3, -0.25) is 4.79 Å². The van der Waals surface area contributed by atoms with Crippen LogP contribution in [0, 0.1) is 0 Å². The van der Waals surface area contributed by atoms with Gasteiger partial charge in [-0.2, -0.15) is 0 Å². The van der Waals surface area contributed by atoms with Gasteiger partial charge in [0.05, 0.1) is 31.4 Å². The minimum atomic E-state index is -0.436. The van der Waals surface area contributed by atoms with E-state index in [0.29, 0.717) is 39.9 Å². The van der Waals surface area contributed by atoms with Gasteiger partial charge in [0.15, 0.2) is 11.5 Å². The number of carbonyl (C=O) groups is 2. The third-order valence-electron chi connectivity index (χ3n) is 3.54. The molecule has 0 unspecified atom stereocenters. The summed E-state index contributed by atoms with van der Waals surface area (Å²) in [5, 5.41) is 3.10. The zero-order chi connectivity index (χ0) is 19.8. The van der Waals surface area contributed by atoms with E-state index in [4.69, 9.17) is 21.1 Å². The van der Waals surface area contributed by atoms with Crippen molar-refractivity contribution in [1.29, 1.82) is 0 Å². The van der Waals surface area contributed by atoms with Crippen molar-refractivity contribution in [3.8, 4) is 11.5 Å². The summed E-state index contributed by atoms with van der Waals surface area (Å²) in [4.78, 5) is 23.5. The number of ether oxygens (including phenoxy) is 3. The zero-order valence-electron chi connectivity index (χ0n) is 15.2. The van der Waals surface area contributed by atoms with Crippen LogP contribution in [-0.4, -0.2) is 32.7 Å². The van der Waals surface area contributed by atoms with Crippen LogP contribution in [0.5, 0.6) is 11.5 Å². The van der Waals surface area contributed by atoms with E-state index in [1.807, 2.05) is 6.92 Å². The minimum absolute atomic E-state index is 0.328. The number of hydrogen-bond donors (Lipinski definition) is 1.